The standard InChI is InChI=1S/2C8H11.2BrH.Zr/c2*1-6-4-5-7(2)8(6)3;;;/h2*4H2,1-3H3;2*1H;. The van der Waals surface area contributed by atoms with Gasteiger partial charge in [-0.2, -0.15) is 0 Å². The van der Waals surface area contributed by atoms with Crippen molar-refractivity contribution < 1.29 is 23.2 Å². The molecular formula is C16H24Br2Zr. The summed E-state index contributed by atoms with van der Waals surface area (Å²) in [5.41, 5.74) is 9.59. The van der Waals surface area contributed by atoms with E-state index >= 15 is 0 Å². The Morgan fingerprint density at radius 2 is 0.895 bits per heavy atom. The summed E-state index contributed by atoms with van der Waals surface area (Å²) < 4.78 is 3.64. The Hall–Kier alpha value is 0.803. The molecule has 0 aromatic rings. The Balaban J connectivity index is 0.00000162. The van der Waals surface area contributed by atoms with E-state index in [4.69, 9.17) is 0 Å². The van der Waals surface area contributed by atoms with E-state index in [2.05, 4.69) is 41.5 Å². The molecule has 0 saturated carbocycles. The third-order valence-corrected chi connectivity index (χ3v) is 8.69. The molecular weight excluding hydrogens is 443 g/mol. The van der Waals surface area contributed by atoms with Crippen LogP contribution in [0.15, 0.2) is 40.0 Å². The molecule has 106 valence electrons. The van der Waals surface area contributed by atoms with Crippen LogP contribution in [0.3, 0.4) is 0 Å². The second kappa shape index (κ2) is 7.71. The number of hydrogen-bond acceptors (Lipinski definition) is 0. The van der Waals surface area contributed by atoms with Gasteiger partial charge in [0.1, 0.15) is 0 Å². The predicted molar refractivity (Wildman–Crippen MR) is 92.0 cm³/mol. The fraction of sp³-hybridized carbons (Fsp3) is 0.500. The van der Waals surface area contributed by atoms with E-state index in [1.807, 2.05) is 6.56 Å². The van der Waals surface area contributed by atoms with Crippen LogP contribution in [0.2, 0.25) is 0 Å². The van der Waals surface area contributed by atoms with Gasteiger partial charge in [0.05, 0.1) is 0 Å². The molecule has 19 heavy (non-hydrogen) atoms. The van der Waals surface area contributed by atoms with Crippen LogP contribution in [-0.4, -0.2) is 0 Å². The quantitative estimate of drug-likeness (QED) is 0.450. The van der Waals surface area contributed by atoms with Gasteiger partial charge in [0.15, 0.2) is 0 Å². The summed E-state index contributed by atoms with van der Waals surface area (Å²) in [6.45, 7) is 13.9. The molecule has 3 heteroatoms. The molecule has 2 aliphatic rings. The number of hydrogen-bond donors (Lipinski definition) is 0. The monoisotopic (exact) mass is 464 g/mol. The maximum atomic E-state index is 2.33. The third kappa shape index (κ3) is 3.92. The van der Waals surface area contributed by atoms with E-state index in [9.17, 15) is 0 Å². The second-order valence-electron chi connectivity index (χ2n) is 5.50. The molecule has 0 spiro atoms. The van der Waals surface area contributed by atoms with Gasteiger partial charge in [-0.05, 0) is 0 Å². The van der Waals surface area contributed by atoms with Crippen molar-refractivity contribution in [2.24, 2.45) is 0 Å². The van der Waals surface area contributed by atoms with Crippen LogP contribution in [0.5, 0.6) is 0 Å². The molecule has 0 aromatic heterocycles. The average Bonchev–Trinajstić information content (AvgIpc) is 2.66. The van der Waals surface area contributed by atoms with Gasteiger partial charge in [0.2, 0.25) is 0 Å². The Kier molecular flexibility index (Phi) is 8.04. The van der Waals surface area contributed by atoms with Crippen LogP contribution in [0.25, 0.3) is 0 Å². The van der Waals surface area contributed by atoms with Crippen LogP contribution < -0.4 is 0 Å². The average molecular weight is 467 g/mol. The van der Waals surface area contributed by atoms with Gasteiger partial charge in [-0.25, -0.2) is 0 Å². The predicted octanol–water partition coefficient (Wildman–Crippen LogP) is 6.25. The first-order valence-electron chi connectivity index (χ1n) is 6.41. The van der Waals surface area contributed by atoms with Crippen molar-refractivity contribution in [1.29, 1.82) is 0 Å². The number of allylic oxidation sites excluding steroid dienone is 8. The molecule has 2 rings (SSSR count). The Morgan fingerprint density at radius 1 is 0.579 bits per heavy atom. The molecule has 0 atom stereocenters. The molecule has 0 heterocycles. The summed E-state index contributed by atoms with van der Waals surface area (Å²) in [5.74, 6) is 0. The minimum absolute atomic E-state index is 0. The van der Waals surface area contributed by atoms with Crippen LogP contribution in [-0.2, 0) is 23.2 Å². The van der Waals surface area contributed by atoms with Gasteiger partial charge in [0, 0.05) is 0 Å². The topological polar surface area (TPSA) is 0 Å². The van der Waals surface area contributed by atoms with E-state index in [-0.39, 0.29) is 34.0 Å². The van der Waals surface area contributed by atoms with Crippen LogP contribution in [0, 0.1) is 0 Å². The third-order valence-electron chi connectivity index (χ3n) is 4.50. The van der Waals surface area contributed by atoms with Crippen molar-refractivity contribution in [3.05, 3.63) is 40.0 Å². The summed E-state index contributed by atoms with van der Waals surface area (Å²) in [4.78, 5) is 0. The molecule has 0 unspecified atom stereocenters. The van der Waals surface area contributed by atoms with Crippen molar-refractivity contribution in [1.82, 2.24) is 0 Å². The Morgan fingerprint density at radius 3 is 1.11 bits per heavy atom. The normalized spacial score (nSPS) is 19.1. The molecule has 0 radical (unpaired) electrons. The Bertz CT molecular complexity index is 459. The summed E-state index contributed by atoms with van der Waals surface area (Å²) in [6.07, 6.45) is 2.55. The molecule has 0 N–H and O–H groups in total. The van der Waals surface area contributed by atoms with E-state index in [1.54, 1.807) is 33.4 Å². The number of halogens is 2. The zero-order chi connectivity index (χ0) is 12.7. The molecule has 0 aliphatic heterocycles. The molecule has 0 amide bonds. The summed E-state index contributed by atoms with van der Waals surface area (Å²) in [7, 11) is 0. The van der Waals surface area contributed by atoms with Crippen molar-refractivity contribution in [2.45, 2.75) is 54.4 Å². The van der Waals surface area contributed by atoms with Gasteiger partial charge in [-0.1, -0.05) is 0 Å². The molecule has 0 nitrogen and oxygen atoms in total. The van der Waals surface area contributed by atoms with E-state index in [0.29, 0.717) is 0 Å². The molecule has 0 bridgehead atoms. The van der Waals surface area contributed by atoms with Crippen molar-refractivity contribution in [3.8, 4) is 0 Å². The van der Waals surface area contributed by atoms with Gasteiger partial charge < -0.3 is 0 Å². The summed E-state index contributed by atoms with van der Waals surface area (Å²) >= 11 is -0.491. The first-order chi connectivity index (χ1) is 7.91. The molecule has 2 aliphatic carbocycles. The van der Waals surface area contributed by atoms with Gasteiger partial charge >= 0.3 is 118 Å². The maximum absolute atomic E-state index is 2.33. The summed E-state index contributed by atoms with van der Waals surface area (Å²) in [6, 6.07) is 0. The fourth-order valence-electron chi connectivity index (χ4n) is 2.61. The van der Waals surface area contributed by atoms with Crippen molar-refractivity contribution >= 4 is 34.0 Å². The fourth-order valence-corrected chi connectivity index (χ4v) is 7.09. The van der Waals surface area contributed by atoms with Gasteiger partial charge in [-0.3, -0.25) is 0 Å². The van der Waals surface area contributed by atoms with Crippen LogP contribution >= 0.6 is 34.0 Å². The van der Waals surface area contributed by atoms with E-state index in [1.165, 1.54) is 12.8 Å². The molecule has 0 aromatic carbocycles. The number of rotatable bonds is 2. The zero-order valence-corrected chi connectivity index (χ0v) is 18.6. The van der Waals surface area contributed by atoms with Crippen molar-refractivity contribution in [2.75, 3.05) is 0 Å². The van der Waals surface area contributed by atoms with E-state index in [0.717, 1.165) is 0 Å². The first-order valence-corrected chi connectivity index (χ1v) is 8.87. The first kappa shape index (κ1) is 19.8. The van der Waals surface area contributed by atoms with Gasteiger partial charge in [0.25, 0.3) is 0 Å². The Labute approximate surface area is 150 Å². The van der Waals surface area contributed by atoms with Crippen molar-refractivity contribution in [3.63, 3.8) is 0 Å². The minimum atomic E-state index is -0.491. The van der Waals surface area contributed by atoms with Gasteiger partial charge in [-0.15, -0.1) is 34.0 Å². The van der Waals surface area contributed by atoms with Crippen LogP contribution in [0.1, 0.15) is 54.4 Å². The summed E-state index contributed by atoms with van der Waals surface area (Å²) in [5, 5.41) is 0. The second-order valence-corrected chi connectivity index (χ2v) is 9.08. The van der Waals surface area contributed by atoms with E-state index < -0.39 is 23.2 Å². The molecule has 0 saturated heterocycles. The molecule has 0 fully saturated rings. The van der Waals surface area contributed by atoms with Crippen LogP contribution in [0.4, 0.5) is 0 Å². The zero-order valence-electron chi connectivity index (χ0n) is 12.7. The SMILES string of the molecule is Br.Br.CC1=C(C)C(C)=[C]([Zr][C]2=C(C)C(C)=C(C)C2)C1.